The number of anilines is 1. The topological polar surface area (TPSA) is 58.1 Å². The number of hydrogen-bond acceptors (Lipinski definition) is 5. The van der Waals surface area contributed by atoms with E-state index in [1.165, 1.54) is 0 Å². The molecule has 1 N–H and O–H groups in total. The number of carbonyl (C=O) groups excluding carboxylic acids is 1. The molecule has 2 aromatic heterocycles. The van der Waals surface area contributed by atoms with Gasteiger partial charge in [-0.25, -0.2) is 0 Å². The zero-order valence-corrected chi connectivity index (χ0v) is 14.4. The predicted molar refractivity (Wildman–Crippen MR) is 93.0 cm³/mol. The lowest BCUT2D eigenvalue weighted by Crippen LogP contribution is -2.40. The summed E-state index contributed by atoms with van der Waals surface area (Å²) >= 11 is 1.54. The Morgan fingerprint density at radius 2 is 2.26 bits per heavy atom. The molecule has 0 aromatic carbocycles. The van der Waals surface area contributed by atoms with Gasteiger partial charge < -0.3 is 10.2 Å². The normalized spacial score (nSPS) is 18.0. The first kappa shape index (κ1) is 15.9. The second kappa shape index (κ2) is 7.08. The number of carbonyl (C=O) groups is 1. The molecule has 1 amide bonds. The average Bonchev–Trinajstić information content (AvgIpc) is 3.01. The second-order valence-electron chi connectivity index (χ2n) is 6.06. The Bertz CT molecular complexity index is 667. The van der Waals surface area contributed by atoms with Gasteiger partial charge in [0.25, 0.3) is 5.91 Å². The number of rotatable bonds is 4. The molecule has 1 aliphatic rings. The zero-order chi connectivity index (χ0) is 16.2. The zero-order valence-electron chi connectivity index (χ0n) is 13.6. The lowest BCUT2D eigenvalue weighted by atomic mass is 9.93. The SMILES string of the molecule is CNc1ccc(C[C@@H]2CCCN(C(=O)c3sccc3C)C2)nn1. The van der Waals surface area contributed by atoms with E-state index in [0.717, 1.165) is 54.3 Å². The molecule has 0 unspecified atom stereocenters. The van der Waals surface area contributed by atoms with Crippen LogP contribution in [0.4, 0.5) is 5.82 Å². The minimum atomic E-state index is 0.179. The third-order valence-electron chi connectivity index (χ3n) is 4.34. The van der Waals surface area contributed by atoms with E-state index in [4.69, 9.17) is 0 Å². The molecule has 1 atom stereocenters. The first-order valence-corrected chi connectivity index (χ1v) is 8.89. The molecular formula is C17H22N4OS. The summed E-state index contributed by atoms with van der Waals surface area (Å²) in [5, 5.41) is 13.4. The molecule has 6 heteroatoms. The van der Waals surface area contributed by atoms with Gasteiger partial charge >= 0.3 is 0 Å². The molecule has 2 aromatic rings. The standard InChI is InChI=1S/C17H22N4OS/c1-12-7-9-23-16(12)17(22)21-8-3-4-13(11-21)10-14-5-6-15(18-2)20-19-14/h5-7,9,13H,3-4,8,10-11H2,1-2H3,(H,18,20)/t13-/m0/s1. The summed E-state index contributed by atoms with van der Waals surface area (Å²) in [6.07, 6.45) is 3.08. The van der Waals surface area contributed by atoms with Crippen LogP contribution in [0.5, 0.6) is 0 Å². The van der Waals surface area contributed by atoms with Crippen LogP contribution in [0.2, 0.25) is 0 Å². The van der Waals surface area contributed by atoms with Crippen LogP contribution < -0.4 is 5.32 Å². The minimum absolute atomic E-state index is 0.179. The van der Waals surface area contributed by atoms with E-state index in [0.29, 0.717) is 5.92 Å². The molecule has 1 saturated heterocycles. The van der Waals surface area contributed by atoms with Crippen molar-refractivity contribution in [2.24, 2.45) is 5.92 Å². The van der Waals surface area contributed by atoms with Crippen LogP contribution in [0.15, 0.2) is 23.6 Å². The highest BCUT2D eigenvalue weighted by Gasteiger charge is 2.26. The fourth-order valence-corrected chi connectivity index (χ4v) is 3.94. The van der Waals surface area contributed by atoms with Crippen LogP contribution in [0.3, 0.4) is 0 Å². The summed E-state index contributed by atoms with van der Waals surface area (Å²) < 4.78 is 0. The van der Waals surface area contributed by atoms with E-state index in [1.54, 1.807) is 11.3 Å². The molecule has 5 nitrogen and oxygen atoms in total. The van der Waals surface area contributed by atoms with Crippen molar-refractivity contribution in [2.45, 2.75) is 26.2 Å². The number of piperidine rings is 1. The second-order valence-corrected chi connectivity index (χ2v) is 6.97. The Kier molecular flexibility index (Phi) is 4.91. The largest absolute Gasteiger partial charge is 0.372 e. The summed E-state index contributed by atoms with van der Waals surface area (Å²) in [6.45, 7) is 3.67. The maximum absolute atomic E-state index is 12.7. The summed E-state index contributed by atoms with van der Waals surface area (Å²) in [7, 11) is 1.83. The molecule has 0 bridgehead atoms. The average molecular weight is 330 g/mol. The van der Waals surface area contributed by atoms with Gasteiger partial charge in [-0.1, -0.05) is 0 Å². The molecule has 122 valence electrons. The lowest BCUT2D eigenvalue weighted by molar-refractivity contribution is 0.0677. The maximum atomic E-state index is 12.7. The summed E-state index contributed by atoms with van der Waals surface area (Å²) in [6, 6.07) is 5.98. The molecule has 0 spiro atoms. The van der Waals surface area contributed by atoms with Crippen molar-refractivity contribution in [3.63, 3.8) is 0 Å². The Hall–Kier alpha value is -1.95. The summed E-state index contributed by atoms with van der Waals surface area (Å²) in [5.74, 6) is 1.42. The van der Waals surface area contributed by atoms with Crippen LogP contribution in [0.25, 0.3) is 0 Å². The van der Waals surface area contributed by atoms with Crippen molar-refractivity contribution in [1.29, 1.82) is 0 Å². The van der Waals surface area contributed by atoms with Crippen LogP contribution in [-0.4, -0.2) is 41.1 Å². The van der Waals surface area contributed by atoms with Gasteiger partial charge in [0, 0.05) is 20.1 Å². The molecule has 0 aliphatic carbocycles. The van der Waals surface area contributed by atoms with Gasteiger partial charge in [0.1, 0.15) is 5.82 Å². The van der Waals surface area contributed by atoms with E-state index >= 15 is 0 Å². The van der Waals surface area contributed by atoms with E-state index < -0.39 is 0 Å². The fourth-order valence-electron chi connectivity index (χ4n) is 3.05. The predicted octanol–water partition coefficient (Wildman–Crippen LogP) is 2.98. The van der Waals surface area contributed by atoms with Gasteiger partial charge in [-0.3, -0.25) is 4.79 Å². The molecule has 1 fully saturated rings. The third kappa shape index (κ3) is 3.69. The molecular weight excluding hydrogens is 308 g/mol. The quantitative estimate of drug-likeness (QED) is 0.936. The highest BCUT2D eigenvalue weighted by molar-refractivity contribution is 7.12. The van der Waals surface area contributed by atoms with Crippen molar-refractivity contribution >= 4 is 23.1 Å². The van der Waals surface area contributed by atoms with Crippen molar-refractivity contribution in [2.75, 3.05) is 25.5 Å². The third-order valence-corrected chi connectivity index (χ3v) is 5.34. The first-order valence-electron chi connectivity index (χ1n) is 8.01. The number of hydrogen-bond donors (Lipinski definition) is 1. The minimum Gasteiger partial charge on any atom is -0.372 e. The molecule has 1 aliphatic heterocycles. The number of amides is 1. The monoisotopic (exact) mass is 330 g/mol. The van der Waals surface area contributed by atoms with Crippen LogP contribution in [0, 0.1) is 12.8 Å². The van der Waals surface area contributed by atoms with Gasteiger partial charge in [0.05, 0.1) is 10.6 Å². The lowest BCUT2D eigenvalue weighted by Gasteiger charge is -2.32. The molecule has 3 heterocycles. The molecule has 0 radical (unpaired) electrons. The first-order chi connectivity index (χ1) is 11.2. The highest BCUT2D eigenvalue weighted by Crippen LogP contribution is 2.24. The fraction of sp³-hybridized carbons (Fsp3) is 0.471. The molecule has 3 rings (SSSR count). The van der Waals surface area contributed by atoms with E-state index in [9.17, 15) is 4.79 Å². The molecule has 23 heavy (non-hydrogen) atoms. The molecule has 0 saturated carbocycles. The Morgan fingerprint density at radius 1 is 1.39 bits per heavy atom. The number of nitrogens with zero attached hydrogens (tertiary/aromatic N) is 3. The van der Waals surface area contributed by atoms with E-state index in [1.807, 2.05) is 42.5 Å². The number of aryl methyl sites for hydroxylation is 1. The van der Waals surface area contributed by atoms with Crippen LogP contribution >= 0.6 is 11.3 Å². The van der Waals surface area contributed by atoms with Gasteiger partial charge in [-0.05, 0) is 61.2 Å². The van der Waals surface area contributed by atoms with E-state index in [-0.39, 0.29) is 5.91 Å². The van der Waals surface area contributed by atoms with E-state index in [2.05, 4.69) is 15.5 Å². The Balaban J connectivity index is 1.63. The smallest absolute Gasteiger partial charge is 0.264 e. The van der Waals surface area contributed by atoms with Gasteiger partial charge in [0.15, 0.2) is 0 Å². The van der Waals surface area contributed by atoms with Gasteiger partial charge in [-0.2, -0.15) is 5.10 Å². The Morgan fingerprint density at radius 3 is 2.91 bits per heavy atom. The van der Waals surface area contributed by atoms with Crippen LogP contribution in [0.1, 0.15) is 33.8 Å². The van der Waals surface area contributed by atoms with Crippen molar-refractivity contribution < 1.29 is 4.79 Å². The highest BCUT2D eigenvalue weighted by atomic mass is 32.1. The van der Waals surface area contributed by atoms with Crippen molar-refractivity contribution in [3.8, 4) is 0 Å². The maximum Gasteiger partial charge on any atom is 0.264 e. The van der Waals surface area contributed by atoms with Crippen LogP contribution in [-0.2, 0) is 6.42 Å². The Labute approximate surface area is 140 Å². The number of likely N-dealkylation sites (tertiary alicyclic amines) is 1. The van der Waals surface area contributed by atoms with Gasteiger partial charge in [-0.15, -0.1) is 16.4 Å². The number of thiophene rings is 1. The van der Waals surface area contributed by atoms with Crippen molar-refractivity contribution in [3.05, 3.63) is 39.7 Å². The summed E-state index contributed by atoms with van der Waals surface area (Å²) in [5.41, 5.74) is 2.08. The number of aromatic nitrogens is 2. The van der Waals surface area contributed by atoms with Gasteiger partial charge in [0.2, 0.25) is 0 Å². The van der Waals surface area contributed by atoms with Crippen molar-refractivity contribution in [1.82, 2.24) is 15.1 Å². The summed E-state index contributed by atoms with van der Waals surface area (Å²) in [4.78, 5) is 15.5. The number of nitrogens with one attached hydrogen (secondary N) is 1.